The molecule has 0 radical (unpaired) electrons. The van der Waals surface area contributed by atoms with Crippen LogP contribution in [0.4, 0.5) is 0 Å². The summed E-state index contributed by atoms with van der Waals surface area (Å²) in [6, 6.07) is 13.1. The number of carbonyl (C=O) groups excluding carboxylic acids is 1. The van der Waals surface area contributed by atoms with Crippen molar-refractivity contribution in [2.24, 2.45) is 0 Å². The summed E-state index contributed by atoms with van der Waals surface area (Å²) in [7, 11) is 0. The summed E-state index contributed by atoms with van der Waals surface area (Å²) in [5, 5.41) is 9.00. The number of esters is 1. The monoisotopic (exact) mass is 390 g/mol. The number of ether oxygens (including phenoxy) is 1. The number of aromatic carboxylic acids is 1. The molecule has 150 valence electrons. The smallest absolute Gasteiger partial charge is 0.335 e. The topological polar surface area (TPSA) is 63.6 Å². The van der Waals surface area contributed by atoms with Gasteiger partial charge in [0.2, 0.25) is 0 Å². The first-order valence-electron chi connectivity index (χ1n) is 9.81. The van der Waals surface area contributed by atoms with Gasteiger partial charge in [-0.05, 0) is 64.8 Å². The zero-order valence-electron chi connectivity index (χ0n) is 17.1. The van der Waals surface area contributed by atoms with Crippen LogP contribution < -0.4 is 0 Å². The summed E-state index contributed by atoms with van der Waals surface area (Å²) in [6.45, 7) is 6.62. The van der Waals surface area contributed by atoms with Crippen LogP contribution in [0.1, 0.15) is 66.2 Å². The molecule has 0 saturated heterocycles. The van der Waals surface area contributed by atoms with Gasteiger partial charge >= 0.3 is 11.9 Å². The van der Waals surface area contributed by atoms with E-state index in [4.69, 9.17) is 9.84 Å². The van der Waals surface area contributed by atoms with Crippen molar-refractivity contribution in [3.05, 3.63) is 76.4 Å². The molecule has 1 aliphatic rings. The maximum atomic E-state index is 12.0. The average molecular weight is 390 g/mol. The van der Waals surface area contributed by atoms with E-state index in [9.17, 15) is 9.59 Å². The second-order valence-corrected chi connectivity index (χ2v) is 7.86. The zero-order chi connectivity index (χ0) is 21.0. The van der Waals surface area contributed by atoms with Gasteiger partial charge in [0.25, 0.3) is 0 Å². The van der Waals surface area contributed by atoms with Crippen LogP contribution in [0.25, 0.3) is 17.7 Å². The van der Waals surface area contributed by atoms with Gasteiger partial charge in [-0.15, -0.1) is 0 Å². The van der Waals surface area contributed by atoms with Crippen molar-refractivity contribution in [1.82, 2.24) is 0 Å². The summed E-state index contributed by atoms with van der Waals surface area (Å²) in [5.41, 5.74) is 5.59. The Morgan fingerprint density at radius 2 is 1.72 bits per heavy atom. The van der Waals surface area contributed by atoms with E-state index in [0.717, 1.165) is 28.7 Å². The van der Waals surface area contributed by atoms with Crippen LogP contribution in [0.2, 0.25) is 0 Å². The summed E-state index contributed by atoms with van der Waals surface area (Å²) in [5.74, 6) is -1.14. The predicted molar refractivity (Wildman–Crippen MR) is 116 cm³/mol. The molecule has 2 aromatic rings. The van der Waals surface area contributed by atoms with Gasteiger partial charge in [0, 0.05) is 0 Å². The molecule has 2 aromatic carbocycles. The van der Waals surface area contributed by atoms with E-state index in [1.807, 2.05) is 19.1 Å². The van der Waals surface area contributed by atoms with E-state index in [-0.39, 0.29) is 23.4 Å². The summed E-state index contributed by atoms with van der Waals surface area (Å²) in [6.07, 6.45) is 7.27. The summed E-state index contributed by atoms with van der Waals surface area (Å²) >= 11 is 0. The Kier molecular flexibility index (Phi) is 6.02. The lowest BCUT2D eigenvalue weighted by atomic mass is 9.72. The van der Waals surface area contributed by atoms with Gasteiger partial charge in [0.05, 0.1) is 18.6 Å². The molecule has 1 N–H and O–H groups in total. The number of carboxylic acids is 1. The lowest BCUT2D eigenvalue weighted by molar-refractivity contribution is -0.141. The van der Waals surface area contributed by atoms with Gasteiger partial charge in [0.1, 0.15) is 0 Å². The minimum atomic E-state index is -0.932. The number of rotatable bonds is 6. The molecule has 0 atom stereocenters. The second kappa shape index (κ2) is 8.48. The summed E-state index contributed by atoms with van der Waals surface area (Å²) in [4.78, 5) is 23.0. The average Bonchev–Trinajstić information content (AvgIpc) is 2.69. The highest BCUT2D eigenvalue weighted by Gasteiger charge is 2.28. The largest absolute Gasteiger partial charge is 0.478 e. The molecule has 0 spiro atoms. The first kappa shape index (κ1) is 20.6. The van der Waals surface area contributed by atoms with Crippen LogP contribution >= 0.6 is 0 Å². The van der Waals surface area contributed by atoms with Crippen LogP contribution in [0, 0.1) is 0 Å². The predicted octanol–water partition coefficient (Wildman–Crippen LogP) is 5.57. The first-order valence-corrected chi connectivity index (χ1v) is 9.81. The maximum Gasteiger partial charge on any atom is 0.335 e. The Bertz CT molecular complexity index is 978. The molecule has 4 nitrogen and oxygen atoms in total. The highest BCUT2D eigenvalue weighted by Crippen LogP contribution is 2.40. The van der Waals surface area contributed by atoms with Gasteiger partial charge in [-0.3, -0.25) is 4.79 Å². The SMILES string of the molecule is CCOC(=O)CC1=CCC(C)(C)c2ccc(C=Cc3ccc(C(=O)O)cc3)cc21. The third kappa shape index (κ3) is 4.83. The maximum absolute atomic E-state index is 12.0. The number of allylic oxidation sites excluding steroid dienone is 1. The Morgan fingerprint density at radius 1 is 1.07 bits per heavy atom. The van der Waals surface area contributed by atoms with Gasteiger partial charge in [-0.2, -0.15) is 0 Å². The molecule has 0 unspecified atom stereocenters. The van der Waals surface area contributed by atoms with Gasteiger partial charge < -0.3 is 9.84 Å². The Labute approximate surface area is 171 Å². The molecule has 0 amide bonds. The van der Waals surface area contributed by atoms with Gasteiger partial charge in [0.15, 0.2) is 0 Å². The fraction of sp³-hybridized carbons (Fsp3) is 0.280. The number of carboxylic acid groups (broad SMARTS) is 1. The molecule has 29 heavy (non-hydrogen) atoms. The number of carbonyl (C=O) groups is 2. The van der Waals surface area contributed by atoms with E-state index in [2.05, 4.69) is 38.1 Å². The lowest BCUT2D eigenvalue weighted by Crippen LogP contribution is -2.22. The number of fused-ring (bicyclic) bond motifs is 1. The highest BCUT2D eigenvalue weighted by atomic mass is 16.5. The van der Waals surface area contributed by atoms with Gasteiger partial charge in [-0.25, -0.2) is 4.79 Å². The van der Waals surface area contributed by atoms with Crippen molar-refractivity contribution in [2.75, 3.05) is 6.61 Å². The van der Waals surface area contributed by atoms with Crippen molar-refractivity contribution in [3.8, 4) is 0 Å². The van der Waals surface area contributed by atoms with Crippen LogP contribution in [-0.4, -0.2) is 23.7 Å². The molecular formula is C25H26O4. The van der Waals surface area contributed by atoms with Crippen molar-refractivity contribution in [3.63, 3.8) is 0 Å². The first-order chi connectivity index (χ1) is 13.8. The third-order valence-electron chi connectivity index (χ3n) is 5.24. The number of benzene rings is 2. The quantitative estimate of drug-likeness (QED) is 0.517. The van der Waals surface area contributed by atoms with Crippen molar-refractivity contribution in [1.29, 1.82) is 0 Å². The third-order valence-corrected chi connectivity index (χ3v) is 5.24. The Balaban J connectivity index is 1.88. The van der Waals surface area contributed by atoms with E-state index >= 15 is 0 Å². The second-order valence-electron chi connectivity index (χ2n) is 7.86. The molecule has 3 rings (SSSR count). The van der Waals surface area contributed by atoms with E-state index in [0.29, 0.717) is 6.61 Å². The number of hydrogen-bond donors (Lipinski definition) is 1. The van der Waals surface area contributed by atoms with Crippen LogP contribution in [0.5, 0.6) is 0 Å². The Morgan fingerprint density at radius 3 is 2.38 bits per heavy atom. The molecular weight excluding hydrogens is 364 g/mol. The zero-order valence-corrected chi connectivity index (χ0v) is 17.1. The van der Waals surface area contributed by atoms with Gasteiger partial charge in [-0.1, -0.05) is 56.3 Å². The highest BCUT2D eigenvalue weighted by molar-refractivity contribution is 5.89. The standard InChI is InChI=1S/C25H26O4/c1-4-29-23(26)16-20-13-14-25(2,3)22-12-9-18(15-21(20)22)6-5-17-7-10-19(11-8-17)24(27)28/h5-13,15H,4,14,16H2,1-3H3,(H,27,28). The molecule has 1 aliphatic carbocycles. The lowest BCUT2D eigenvalue weighted by Gasteiger charge is -2.32. The van der Waals surface area contributed by atoms with E-state index in [1.165, 1.54) is 5.56 Å². The molecule has 0 bridgehead atoms. The molecule has 0 fully saturated rings. The molecule has 0 saturated carbocycles. The molecule has 0 heterocycles. The van der Waals surface area contributed by atoms with E-state index in [1.54, 1.807) is 24.3 Å². The van der Waals surface area contributed by atoms with Crippen molar-refractivity contribution < 1.29 is 19.4 Å². The van der Waals surface area contributed by atoms with Crippen molar-refractivity contribution >= 4 is 29.7 Å². The Hall–Kier alpha value is -3.14. The molecule has 0 aromatic heterocycles. The minimum absolute atomic E-state index is 0.0163. The normalized spacial score (nSPS) is 14.9. The molecule has 0 aliphatic heterocycles. The fourth-order valence-electron chi connectivity index (χ4n) is 3.58. The van der Waals surface area contributed by atoms with Crippen molar-refractivity contribution in [2.45, 2.75) is 39.0 Å². The minimum Gasteiger partial charge on any atom is -0.478 e. The molecule has 4 heteroatoms. The van der Waals surface area contributed by atoms with Crippen LogP contribution in [0.3, 0.4) is 0 Å². The fourth-order valence-corrected chi connectivity index (χ4v) is 3.58. The van der Waals surface area contributed by atoms with Crippen LogP contribution in [0.15, 0.2) is 48.5 Å². The summed E-state index contributed by atoms with van der Waals surface area (Å²) < 4.78 is 5.14. The van der Waals surface area contributed by atoms with Crippen LogP contribution in [-0.2, 0) is 14.9 Å². The van der Waals surface area contributed by atoms with E-state index < -0.39 is 5.97 Å². The number of hydrogen-bond acceptors (Lipinski definition) is 3.